The van der Waals surface area contributed by atoms with Crippen molar-refractivity contribution < 1.29 is 5.03 Å². The van der Waals surface area contributed by atoms with E-state index in [9.17, 15) is 10.1 Å². The van der Waals surface area contributed by atoms with Gasteiger partial charge in [-0.2, -0.15) is 0 Å². The minimum atomic E-state index is -0.527. The van der Waals surface area contributed by atoms with E-state index in [4.69, 9.17) is 11.6 Å². The molecule has 0 fully saturated rings. The second-order valence-electron chi connectivity index (χ2n) is 2.21. The smallest absolute Gasteiger partial charge is 0.164 e. The van der Waals surface area contributed by atoms with E-state index >= 15 is 0 Å². The van der Waals surface area contributed by atoms with Gasteiger partial charge < -0.3 is 0 Å². The van der Waals surface area contributed by atoms with Gasteiger partial charge in [0.25, 0.3) is 0 Å². The van der Waals surface area contributed by atoms with Crippen LogP contribution in [0.4, 0.5) is 5.69 Å². The Labute approximate surface area is 74.5 Å². The fourth-order valence-electron chi connectivity index (χ4n) is 0.802. The maximum atomic E-state index is 10.3. The Bertz CT molecular complexity index is 303. The molecular formula is C7H7ClN2O2. The van der Waals surface area contributed by atoms with Gasteiger partial charge in [0.15, 0.2) is 5.03 Å². The zero-order valence-corrected chi connectivity index (χ0v) is 7.15. The molecule has 1 aromatic rings. The van der Waals surface area contributed by atoms with Crippen molar-refractivity contribution in [3.63, 3.8) is 0 Å². The molecule has 4 nitrogen and oxygen atoms in total. The van der Waals surface area contributed by atoms with Gasteiger partial charge in [-0.3, -0.25) is 0 Å². The lowest BCUT2D eigenvalue weighted by atomic mass is 10.3. The average molecular weight is 187 g/mol. The van der Waals surface area contributed by atoms with Crippen molar-refractivity contribution in [1.82, 2.24) is 0 Å². The van der Waals surface area contributed by atoms with Crippen LogP contribution in [-0.4, -0.2) is 12.1 Å². The van der Waals surface area contributed by atoms with E-state index in [-0.39, 0.29) is 0 Å². The van der Waals surface area contributed by atoms with Gasteiger partial charge in [-0.15, -0.1) is 0 Å². The molecule has 0 spiro atoms. The summed E-state index contributed by atoms with van der Waals surface area (Å²) < 4.78 is 0. The minimum absolute atomic E-state index is 0.372. The van der Waals surface area contributed by atoms with Gasteiger partial charge in [-0.25, -0.2) is 10.1 Å². The number of nitro groups is 1. The quantitative estimate of drug-likeness (QED) is 0.524. The first-order valence-electron chi connectivity index (χ1n) is 3.25. The van der Waals surface area contributed by atoms with Crippen LogP contribution in [0.25, 0.3) is 0 Å². The molecule has 0 aliphatic heterocycles. The van der Waals surface area contributed by atoms with Crippen LogP contribution in [0.5, 0.6) is 0 Å². The van der Waals surface area contributed by atoms with Gasteiger partial charge in [0.2, 0.25) is 0 Å². The molecule has 0 aromatic heterocycles. The fourth-order valence-corrected chi connectivity index (χ4v) is 1.06. The first-order valence-corrected chi connectivity index (χ1v) is 3.63. The van der Waals surface area contributed by atoms with Gasteiger partial charge >= 0.3 is 0 Å². The molecule has 0 atom stereocenters. The van der Waals surface area contributed by atoms with Gasteiger partial charge in [0, 0.05) is 0 Å². The predicted molar refractivity (Wildman–Crippen MR) is 46.8 cm³/mol. The molecule has 0 aliphatic rings. The van der Waals surface area contributed by atoms with Crippen molar-refractivity contribution in [2.24, 2.45) is 0 Å². The molecule has 64 valence electrons. The Hall–Kier alpha value is -1.29. The lowest BCUT2D eigenvalue weighted by molar-refractivity contribution is -0.490. The van der Waals surface area contributed by atoms with Crippen LogP contribution in [0.3, 0.4) is 0 Å². The van der Waals surface area contributed by atoms with Crippen molar-refractivity contribution >= 4 is 17.3 Å². The molecule has 0 N–H and O–H groups in total. The van der Waals surface area contributed by atoms with E-state index in [1.165, 1.54) is 7.05 Å². The van der Waals surface area contributed by atoms with Crippen molar-refractivity contribution in [3.05, 3.63) is 39.4 Å². The van der Waals surface area contributed by atoms with Crippen molar-refractivity contribution in [2.75, 3.05) is 12.1 Å². The second kappa shape index (κ2) is 3.40. The Balaban J connectivity index is 3.02. The summed E-state index contributed by atoms with van der Waals surface area (Å²) in [5.41, 5.74) is 0.393. The van der Waals surface area contributed by atoms with Crippen LogP contribution in [-0.2, 0) is 0 Å². The van der Waals surface area contributed by atoms with Gasteiger partial charge in [0.05, 0.1) is 12.1 Å². The van der Waals surface area contributed by atoms with Crippen molar-refractivity contribution in [2.45, 2.75) is 0 Å². The van der Waals surface area contributed by atoms with E-state index in [0.29, 0.717) is 10.7 Å². The topological polar surface area (TPSA) is 46.4 Å². The summed E-state index contributed by atoms with van der Waals surface area (Å²) >= 11 is 5.72. The van der Waals surface area contributed by atoms with Gasteiger partial charge in [0.1, 0.15) is 5.69 Å². The summed E-state index contributed by atoms with van der Waals surface area (Å²) in [6.45, 7) is 0. The molecule has 1 aromatic carbocycles. The maximum absolute atomic E-state index is 10.3. The predicted octanol–water partition coefficient (Wildman–Crippen LogP) is 1.97. The monoisotopic (exact) mass is 186 g/mol. The number of hydrogen-bond acceptors (Lipinski definition) is 2. The highest BCUT2D eigenvalue weighted by Crippen LogP contribution is 2.23. The number of anilines is 1. The van der Waals surface area contributed by atoms with E-state index in [2.05, 4.69) is 0 Å². The lowest BCUT2D eigenvalue weighted by Gasteiger charge is -2.08. The SMILES string of the molecule is CN(c1ccccc1Cl)[N+](=O)[O-]. The average Bonchev–Trinajstić information content (AvgIpc) is 2.04. The van der Waals surface area contributed by atoms with Crippen molar-refractivity contribution in [3.8, 4) is 0 Å². The van der Waals surface area contributed by atoms with Crippen LogP contribution in [0, 0.1) is 10.1 Å². The van der Waals surface area contributed by atoms with Crippen LogP contribution in [0.2, 0.25) is 5.02 Å². The number of rotatable bonds is 2. The molecule has 1 rings (SSSR count). The third-order valence-electron chi connectivity index (χ3n) is 1.45. The summed E-state index contributed by atoms with van der Waals surface area (Å²) in [5.74, 6) is 0. The number of nitrogens with zero attached hydrogens (tertiary/aromatic N) is 2. The van der Waals surface area contributed by atoms with Crippen LogP contribution < -0.4 is 5.01 Å². The minimum Gasteiger partial charge on any atom is -0.234 e. The number of hydrazine groups is 1. The molecule has 0 saturated heterocycles. The third-order valence-corrected chi connectivity index (χ3v) is 1.77. The Kier molecular flexibility index (Phi) is 2.50. The highest BCUT2D eigenvalue weighted by Gasteiger charge is 2.12. The molecule has 0 saturated carbocycles. The first-order chi connectivity index (χ1) is 5.63. The lowest BCUT2D eigenvalue weighted by Crippen LogP contribution is -2.24. The number of hydrogen-bond donors (Lipinski definition) is 0. The highest BCUT2D eigenvalue weighted by atomic mass is 35.5. The van der Waals surface area contributed by atoms with Crippen molar-refractivity contribution in [1.29, 1.82) is 0 Å². The molecule has 5 heteroatoms. The molecule has 0 amide bonds. The zero-order valence-electron chi connectivity index (χ0n) is 6.40. The number of halogens is 1. The Morgan fingerprint density at radius 3 is 2.58 bits per heavy atom. The number of para-hydroxylation sites is 1. The largest absolute Gasteiger partial charge is 0.234 e. The highest BCUT2D eigenvalue weighted by molar-refractivity contribution is 6.33. The van der Waals surface area contributed by atoms with E-state index in [0.717, 1.165) is 5.01 Å². The van der Waals surface area contributed by atoms with Gasteiger partial charge in [-0.05, 0) is 12.1 Å². The maximum Gasteiger partial charge on any atom is 0.164 e. The summed E-state index contributed by atoms with van der Waals surface area (Å²) in [7, 11) is 1.35. The van der Waals surface area contributed by atoms with E-state index < -0.39 is 5.03 Å². The summed E-state index contributed by atoms with van der Waals surface area (Å²) in [6.07, 6.45) is 0. The zero-order chi connectivity index (χ0) is 9.14. The molecule has 0 unspecified atom stereocenters. The fraction of sp³-hybridized carbons (Fsp3) is 0.143. The van der Waals surface area contributed by atoms with Crippen LogP contribution in [0.15, 0.2) is 24.3 Å². The normalized spacial score (nSPS) is 9.50. The Morgan fingerprint density at radius 2 is 2.08 bits per heavy atom. The molecular weight excluding hydrogens is 180 g/mol. The molecule has 0 radical (unpaired) electrons. The summed E-state index contributed by atoms with van der Waals surface area (Å²) in [5, 5.41) is 11.0. The third kappa shape index (κ3) is 1.65. The molecule has 0 bridgehead atoms. The second-order valence-corrected chi connectivity index (χ2v) is 2.62. The van der Waals surface area contributed by atoms with E-state index in [1.807, 2.05) is 0 Å². The van der Waals surface area contributed by atoms with Gasteiger partial charge in [-0.1, -0.05) is 28.7 Å². The van der Waals surface area contributed by atoms with E-state index in [1.54, 1.807) is 24.3 Å². The molecule has 12 heavy (non-hydrogen) atoms. The Morgan fingerprint density at radius 1 is 1.50 bits per heavy atom. The first kappa shape index (κ1) is 8.80. The standard InChI is InChI=1S/C7H7ClN2O2/c1-9(10(11)12)7-5-3-2-4-6(7)8/h2-5H,1H3. The molecule has 0 aliphatic carbocycles. The summed E-state index contributed by atoms with van der Waals surface area (Å²) in [6, 6.07) is 6.61. The van der Waals surface area contributed by atoms with Crippen LogP contribution >= 0.6 is 11.6 Å². The van der Waals surface area contributed by atoms with Crippen LogP contribution in [0.1, 0.15) is 0 Å². The summed E-state index contributed by atoms with van der Waals surface area (Å²) in [4.78, 5) is 10.3. The molecule has 0 heterocycles. The number of benzene rings is 1.